The maximum atomic E-state index is 14.0. The topological polar surface area (TPSA) is 29.5 Å². The van der Waals surface area contributed by atoms with E-state index in [2.05, 4.69) is 15.9 Å². The van der Waals surface area contributed by atoms with Gasteiger partial charge in [0.1, 0.15) is 17.7 Å². The molecule has 6 heteroatoms. The molecule has 1 aliphatic heterocycles. The van der Waals surface area contributed by atoms with Crippen molar-refractivity contribution in [3.05, 3.63) is 69.7 Å². The van der Waals surface area contributed by atoms with Crippen LogP contribution >= 0.6 is 15.9 Å². The molecule has 3 nitrogen and oxygen atoms in total. The molecule has 0 N–H and O–H groups in total. The number of benzene rings is 2. The summed E-state index contributed by atoms with van der Waals surface area (Å²) in [5.74, 6) is -0.871. The van der Waals surface area contributed by atoms with Gasteiger partial charge in [-0.3, -0.25) is 4.79 Å². The lowest BCUT2D eigenvalue weighted by molar-refractivity contribution is -0.138. The molecule has 0 spiro atoms. The number of halogens is 3. The molecule has 1 aliphatic rings. The molecule has 3 rings (SSSR count). The van der Waals surface area contributed by atoms with Gasteiger partial charge in [0.05, 0.1) is 24.0 Å². The highest BCUT2D eigenvalue weighted by Crippen LogP contribution is 2.24. The molecule has 2 aromatic rings. The Morgan fingerprint density at radius 1 is 1.21 bits per heavy atom. The standard InChI is InChI=1S/C18H16BrF2NO2/c19-15-3-1-2-13(18(15)21)10-17(23)22-8-9-24-16(11-22)12-4-6-14(20)7-5-12/h1-7,16H,8-11H2. The lowest BCUT2D eigenvalue weighted by atomic mass is 10.1. The van der Waals surface area contributed by atoms with E-state index >= 15 is 0 Å². The van der Waals surface area contributed by atoms with Gasteiger partial charge >= 0.3 is 0 Å². The summed E-state index contributed by atoms with van der Waals surface area (Å²) in [5, 5.41) is 0. The minimum Gasteiger partial charge on any atom is -0.370 e. The van der Waals surface area contributed by atoms with E-state index in [0.717, 1.165) is 5.56 Å². The normalized spacial score (nSPS) is 17.8. The minimum atomic E-state index is -0.408. The molecule has 24 heavy (non-hydrogen) atoms. The van der Waals surface area contributed by atoms with Crippen LogP contribution in [0.4, 0.5) is 8.78 Å². The van der Waals surface area contributed by atoms with Crippen molar-refractivity contribution in [2.45, 2.75) is 12.5 Å². The molecule has 0 radical (unpaired) electrons. The van der Waals surface area contributed by atoms with Crippen molar-refractivity contribution in [2.24, 2.45) is 0 Å². The van der Waals surface area contributed by atoms with Gasteiger partial charge in [0.2, 0.25) is 5.91 Å². The number of nitrogens with zero attached hydrogens (tertiary/aromatic N) is 1. The van der Waals surface area contributed by atoms with Crippen molar-refractivity contribution in [3.8, 4) is 0 Å². The van der Waals surface area contributed by atoms with Crippen LogP contribution in [0.5, 0.6) is 0 Å². The Morgan fingerprint density at radius 3 is 2.71 bits per heavy atom. The summed E-state index contributed by atoms with van der Waals surface area (Å²) in [6.07, 6.45) is -0.294. The number of ether oxygens (including phenoxy) is 1. The lowest BCUT2D eigenvalue weighted by Gasteiger charge is -2.33. The largest absolute Gasteiger partial charge is 0.370 e. The Kier molecular flexibility index (Phi) is 5.26. The van der Waals surface area contributed by atoms with Crippen LogP contribution < -0.4 is 0 Å². The molecule has 2 aromatic carbocycles. The number of hydrogen-bond acceptors (Lipinski definition) is 2. The fourth-order valence-corrected chi connectivity index (χ4v) is 3.12. The maximum Gasteiger partial charge on any atom is 0.227 e. The Labute approximate surface area is 147 Å². The Morgan fingerprint density at radius 2 is 1.96 bits per heavy atom. The SMILES string of the molecule is O=C(Cc1cccc(Br)c1F)N1CCOC(c2ccc(F)cc2)C1. The van der Waals surface area contributed by atoms with Gasteiger partial charge in [0, 0.05) is 6.54 Å². The monoisotopic (exact) mass is 395 g/mol. The lowest BCUT2D eigenvalue weighted by Crippen LogP contribution is -2.43. The molecule has 0 saturated carbocycles. The third-order valence-corrected chi connectivity index (χ3v) is 4.65. The number of amides is 1. The van der Waals surface area contributed by atoms with E-state index in [-0.39, 0.29) is 24.2 Å². The summed E-state index contributed by atoms with van der Waals surface area (Å²) in [4.78, 5) is 14.2. The molecule has 1 heterocycles. The second kappa shape index (κ2) is 7.40. The van der Waals surface area contributed by atoms with Crippen molar-refractivity contribution >= 4 is 21.8 Å². The smallest absolute Gasteiger partial charge is 0.227 e. The molecule has 1 atom stereocenters. The molecule has 126 valence electrons. The van der Waals surface area contributed by atoms with Crippen molar-refractivity contribution in [3.63, 3.8) is 0 Å². The zero-order chi connectivity index (χ0) is 17.1. The number of hydrogen-bond donors (Lipinski definition) is 0. The van der Waals surface area contributed by atoms with Gasteiger partial charge in [-0.15, -0.1) is 0 Å². The quantitative estimate of drug-likeness (QED) is 0.789. The molecule has 1 amide bonds. The summed E-state index contributed by atoms with van der Waals surface area (Å²) >= 11 is 3.13. The fraction of sp³-hybridized carbons (Fsp3) is 0.278. The van der Waals surface area contributed by atoms with Crippen molar-refractivity contribution < 1.29 is 18.3 Å². The van der Waals surface area contributed by atoms with Crippen LogP contribution in [0, 0.1) is 11.6 Å². The molecule has 1 fully saturated rings. The van der Waals surface area contributed by atoms with E-state index in [1.165, 1.54) is 12.1 Å². The average molecular weight is 396 g/mol. The summed E-state index contributed by atoms with van der Waals surface area (Å²) in [7, 11) is 0. The zero-order valence-corrected chi connectivity index (χ0v) is 14.4. The second-order valence-corrected chi connectivity index (χ2v) is 6.49. The first-order valence-electron chi connectivity index (χ1n) is 7.62. The number of rotatable bonds is 3. The predicted molar refractivity (Wildman–Crippen MR) is 89.5 cm³/mol. The Hall–Kier alpha value is -1.79. The van der Waals surface area contributed by atoms with Gasteiger partial charge < -0.3 is 9.64 Å². The molecular formula is C18H16BrF2NO2. The third kappa shape index (κ3) is 3.82. The van der Waals surface area contributed by atoms with Gasteiger partial charge in [-0.05, 0) is 45.3 Å². The van der Waals surface area contributed by atoms with Crippen LogP contribution in [0.25, 0.3) is 0 Å². The van der Waals surface area contributed by atoms with Crippen LogP contribution in [0.3, 0.4) is 0 Å². The first-order valence-corrected chi connectivity index (χ1v) is 8.41. The van der Waals surface area contributed by atoms with E-state index in [1.807, 2.05) is 0 Å². The van der Waals surface area contributed by atoms with Gasteiger partial charge in [-0.1, -0.05) is 24.3 Å². The van der Waals surface area contributed by atoms with Crippen LogP contribution in [0.1, 0.15) is 17.2 Å². The predicted octanol–water partition coefficient (Wildman–Crippen LogP) is 3.87. The van der Waals surface area contributed by atoms with Crippen molar-refractivity contribution in [1.82, 2.24) is 4.90 Å². The molecule has 1 saturated heterocycles. The third-order valence-electron chi connectivity index (χ3n) is 4.03. The van der Waals surface area contributed by atoms with Gasteiger partial charge in [-0.2, -0.15) is 0 Å². The first kappa shape index (κ1) is 17.0. The van der Waals surface area contributed by atoms with E-state index in [1.54, 1.807) is 35.2 Å². The molecule has 0 bridgehead atoms. The van der Waals surface area contributed by atoms with E-state index in [9.17, 15) is 13.6 Å². The first-order chi connectivity index (χ1) is 11.5. The number of carbonyl (C=O) groups is 1. The van der Waals surface area contributed by atoms with Crippen LogP contribution in [0.2, 0.25) is 0 Å². The Balaban J connectivity index is 1.69. The molecule has 1 unspecified atom stereocenters. The highest BCUT2D eigenvalue weighted by molar-refractivity contribution is 9.10. The van der Waals surface area contributed by atoms with E-state index < -0.39 is 5.82 Å². The Bertz CT molecular complexity index is 736. The van der Waals surface area contributed by atoms with Gasteiger partial charge in [0.15, 0.2) is 0 Å². The number of carbonyl (C=O) groups excluding carboxylic acids is 1. The summed E-state index contributed by atoms with van der Waals surface area (Å²) in [6.45, 7) is 1.24. The van der Waals surface area contributed by atoms with E-state index in [4.69, 9.17) is 4.74 Å². The van der Waals surface area contributed by atoms with Crippen LogP contribution in [-0.4, -0.2) is 30.5 Å². The number of morpholine rings is 1. The molecule has 0 aromatic heterocycles. The van der Waals surface area contributed by atoms with Gasteiger partial charge in [-0.25, -0.2) is 8.78 Å². The fourth-order valence-electron chi connectivity index (χ4n) is 2.71. The summed E-state index contributed by atoms with van der Waals surface area (Å²) in [6, 6.07) is 11.0. The molecular weight excluding hydrogens is 380 g/mol. The van der Waals surface area contributed by atoms with Crippen molar-refractivity contribution in [1.29, 1.82) is 0 Å². The molecule has 0 aliphatic carbocycles. The highest BCUT2D eigenvalue weighted by atomic mass is 79.9. The zero-order valence-electron chi connectivity index (χ0n) is 12.8. The second-order valence-electron chi connectivity index (χ2n) is 5.64. The van der Waals surface area contributed by atoms with Crippen LogP contribution in [0.15, 0.2) is 46.9 Å². The van der Waals surface area contributed by atoms with Crippen LogP contribution in [-0.2, 0) is 16.0 Å². The van der Waals surface area contributed by atoms with E-state index in [0.29, 0.717) is 29.7 Å². The minimum absolute atomic E-state index is 0.00140. The highest BCUT2D eigenvalue weighted by Gasteiger charge is 2.26. The average Bonchev–Trinajstić information content (AvgIpc) is 2.60. The maximum absolute atomic E-state index is 14.0. The summed E-state index contributed by atoms with van der Waals surface area (Å²) in [5.41, 5.74) is 1.18. The van der Waals surface area contributed by atoms with Gasteiger partial charge in [0.25, 0.3) is 0 Å². The van der Waals surface area contributed by atoms with Crippen molar-refractivity contribution in [2.75, 3.05) is 19.7 Å². The summed E-state index contributed by atoms with van der Waals surface area (Å²) < 4.78 is 33.1.